The van der Waals surface area contributed by atoms with Crippen LogP contribution in [0.1, 0.15) is 64.1 Å². The maximum Gasteiger partial charge on any atom is 0.0553 e. The van der Waals surface area contributed by atoms with Crippen molar-refractivity contribution in [3.63, 3.8) is 0 Å². The van der Waals surface area contributed by atoms with Crippen molar-refractivity contribution in [2.75, 3.05) is 6.54 Å². The second kappa shape index (κ2) is 6.93. The molecule has 1 saturated carbocycles. The summed E-state index contributed by atoms with van der Waals surface area (Å²) in [7, 11) is 0. The summed E-state index contributed by atoms with van der Waals surface area (Å²) in [5, 5.41) is 8.11. The average Bonchev–Trinajstić information content (AvgIpc) is 3.00. The number of nitrogens with zero attached hydrogens (tertiary/aromatic N) is 2. The van der Waals surface area contributed by atoms with Crippen LogP contribution in [-0.4, -0.2) is 16.3 Å². The number of aryl methyl sites for hydroxylation is 1. The van der Waals surface area contributed by atoms with Gasteiger partial charge in [-0.25, -0.2) is 0 Å². The zero-order valence-corrected chi connectivity index (χ0v) is 11.9. The van der Waals surface area contributed by atoms with Gasteiger partial charge in [0.1, 0.15) is 0 Å². The molecule has 1 aliphatic rings. The van der Waals surface area contributed by atoms with Gasteiger partial charge in [0.15, 0.2) is 0 Å². The highest BCUT2D eigenvalue weighted by Crippen LogP contribution is 2.32. The maximum absolute atomic E-state index is 4.46. The van der Waals surface area contributed by atoms with Crippen molar-refractivity contribution < 1.29 is 0 Å². The highest BCUT2D eigenvalue weighted by Gasteiger charge is 2.22. The summed E-state index contributed by atoms with van der Waals surface area (Å²) in [6.45, 7) is 6.48. The Morgan fingerprint density at radius 1 is 1.39 bits per heavy atom. The third-order valence-electron chi connectivity index (χ3n) is 4.04. The number of nitrogens with one attached hydrogen (secondary N) is 1. The molecular weight excluding hydrogens is 222 g/mol. The predicted molar refractivity (Wildman–Crippen MR) is 75.5 cm³/mol. The summed E-state index contributed by atoms with van der Waals surface area (Å²) < 4.78 is 2.18. The first-order chi connectivity index (χ1) is 8.85. The molecule has 2 rings (SSSR count). The van der Waals surface area contributed by atoms with Gasteiger partial charge in [0.05, 0.1) is 5.69 Å². The molecule has 18 heavy (non-hydrogen) atoms. The van der Waals surface area contributed by atoms with E-state index < -0.39 is 0 Å². The van der Waals surface area contributed by atoms with Crippen LogP contribution >= 0.6 is 0 Å². The lowest BCUT2D eigenvalue weighted by Crippen LogP contribution is -2.25. The summed E-state index contributed by atoms with van der Waals surface area (Å²) in [5.74, 6) is 0.916. The Balaban J connectivity index is 2.04. The van der Waals surface area contributed by atoms with E-state index in [1.54, 1.807) is 0 Å². The summed E-state index contributed by atoms with van der Waals surface area (Å²) in [4.78, 5) is 0. The zero-order chi connectivity index (χ0) is 12.8. The number of hydrogen-bond donors (Lipinski definition) is 1. The molecule has 3 nitrogen and oxygen atoms in total. The van der Waals surface area contributed by atoms with Gasteiger partial charge in [-0.3, -0.25) is 4.68 Å². The minimum Gasteiger partial charge on any atom is -0.309 e. The summed E-state index contributed by atoms with van der Waals surface area (Å²) in [5.41, 5.74) is 1.38. The first kappa shape index (κ1) is 13.6. The monoisotopic (exact) mass is 249 g/mol. The fraction of sp³-hybridized carbons (Fsp3) is 0.800. The average molecular weight is 249 g/mol. The lowest BCUT2D eigenvalue weighted by atomic mass is 9.96. The van der Waals surface area contributed by atoms with E-state index in [-0.39, 0.29) is 0 Å². The predicted octanol–water partition coefficient (Wildman–Crippen LogP) is 3.52. The Labute approximate surface area is 111 Å². The minimum absolute atomic E-state index is 0.493. The molecule has 0 radical (unpaired) electrons. The van der Waals surface area contributed by atoms with Crippen LogP contribution in [0.5, 0.6) is 0 Å². The third kappa shape index (κ3) is 3.35. The molecular formula is C15H27N3. The van der Waals surface area contributed by atoms with Gasteiger partial charge in [-0.05, 0) is 31.4 Å². The van der Waals surface area contributed by atoms with E-state index in [0.29, 0.717) is 6.04 Å². The lowest BCUT2D eigenvalue weighted by molar-refractivity contribution is 0.378. The molecule has 1 N–H and O–H groups in total. The maximum atomic E-state index is 4.46. The topological polar surface area (TPSA) is 29.9 Å². The van der Waals surface area contributed by atoms with Crippen molar-refractivity contribution in [2.45, 2.75) is 65.0 Å². The second-order valence-electron chi connectivity index (χ2n) is 5.48. The van der Waals surface area contributed by atoms with Gasteiger partial charge in [0, 0.05) is 18.8 Å². The second-order valence-corrected chi connectivity index (χ2v) is 5.48. The Morgan fingerprint density at radius 2 is 2.17 bits per heavy atom. The normalized spacial score (nSPS) is 18.3. The third-order valence-corrected chi connectivity index (χ3v) is 4.04. The first-order valence-corrected chi connectivity index (χ1v) is 7.60. The highest BCUT2D eigenvalue weighted by atomic mass is 15.3. The number of rotatable bonds is 7. The lowest BCUT2D eigenvalue weighted by Gasteiger charge is -2.22. The van der Waals surface area contributed by atoms with E-state index in [0.717, 1.165) is 25.4 Å². The fourth-order valence-electron chi connectivity index (χ4n) is 3.17. The largest absolute Gasteiger partial charge is 0.309 e. The van der Waals surface area contributed by atoms with Crippen LogP contribution in [0.4, 0.5) is 0 Å². The molecule has 1 aliphatic carbocycles. The molecule has 1 heterocycles. The van der Waals surface area contributed by atoms with Crippen LogP contribution < -0.4 is 5.32 Å². The van der Waals surface area contributed by atoms with Gasteiger partial charge in [0.25, 0.3) is 0 Å². The van der Waals surface area contributed by atoms with Crippen LogP contribution in [0.2, 0.25) is 0 Å². The molecule has 1 unspecified atom stereocenters. The molecule has 1 aromatic rings. The smallest absolute Gasteiger partial charge is 0.0553 e. The van der Waals surface area contributed by atoms with Crippen LogP contribution in [0, 0.1) is 5.92 Å². The van der Waals surface area contributed by atoms with Gasteiger partial charge in [-0.2, -0.15) is 5.10 Å². The molecule has 0 amide bonds. The van der Waals surface area contributed by atoms with E-state index in [2.05, 4.69) is 35.0 Å². The Kier molecular flexibility index (Phi) is 5.24. The van der Waals surface area contributed by atoms with Gasteiger partial charge in [0.2, 0.25) is 0 Å². The van der Waals surface area contributed by atoms with Crippen molar-refractivity contribution in [1.29, 1.82) is 0 Å². The Morgan fingerprint density at radius 3 is 2.83 bits per heavy atom. The van der Waals surface area contributed by atoms with Crippen LogP contribution in [0.25, 0.3) is 0 Å². The summed E-state index contributed by atoms with van der Waals surface area (Å²) in [6, 6.07) is 2.69. The Bertz CT molecular complexity index is 339. The Hall–Kier alpha value is -0.830. The van der Waals surface area contributed by atoms with E-state index in [1.165, 1.54) is 37.8 Å². The summed E-state index contributed by atoms with van der Waals surface area (Å²) in [6.07, 6.45) is 10.1. The van der Waals surface area contributed by atoms with Crippen molar-refractivity contribution >= 4 is 0 Å². The van der Waals surface area contributed by atoms with Crippen LogP contribution in [-0.2, 0) is 6.54 Å². The van der Waals surface area contributed by atoms with Crippen molar-refractivity contribution in [1.82, 2.24) is 15.1 Å². The van der Waals surface area contributed by atoms with Gasteiger partial charge in [-0.1, -0.05) is 39.5 Å². The van der Waals surface area contributed by atoms with E-state index in [9.17, 15) is 0 Å². The van der Waals surface area contributed by atoms with E-state index in [4.69, 9.17) is 0 Å². The SMILES string of the molecule is CCCn1nccc1C(CC1CCCC1)NCC. The first-order valence-electron chi connectivity index (χ1n) is 7.60. The summed E-state index contributed by atoms with van der Waals surface area (Å²) >= 11 is 0. The van der Waals surface area contributed by atoms with E-state index >= 15 is 0 Å². The standard InChI is InChI=1S/C15H27N3/c1-3-11-18-15(9-10-17-18)14(16-4-2)12-13-7-5-6-8-13/h9-10,13-14,16H,3-8,11-12H2,1-2H3. The molecule has 1 atom stereocenters. The molecule has 0 aromatic carbocycles. The highest BCUT2D eigenvalue weighted by molar-refractivity contribution is 5.07. The van der Waals surface area contributed by atoms with Crippen molar-refractivity contribution in [3.05, 3.63) is 18.0 Å². The van der Waals surface area contributed by atoms with Crippen LogP contribution in [0.15, 0.2) is 12.3 Å². The molecule has 1 fully saturated rings. The number of hydrogen-bond acceptors (Lipinski definition) is 2. The molecule has 0 aliphatic heterocycles. The van der Waals surface area contributed by atoms with E-state index in [1.807, 2.05) is 6.20 Å². The van der Waals surface area contributed by atoms with Gasteiger partial charge < -0.3 is 5.32 Å². The quantitative estimate of drug-likeness (QED) is 0.801. The molecule has 0 spiro atoms. The molecule has 3 heteroatoms. The minimum atomic E-state index is 0.493. The van der Waals surface area contributed by atoms with Crippen LogP contribution in [0.3, 0.4) is 0 Å². The molecule has 1 aromatic heterocycles. The van der Waals surface area contributed by atoms with Crippen molar-refractivity contribution in [3.8, 4) is 0 Å². The van der Waals surface area contributed by atoms with Gasteiger partial charge >= 0.3 is 0 Å². The van der Waals surface area contributed by atoms with Crippen molar-refractivity contribution in [2.24, 2.45) is 5.92 Å². The fourth-order valence-corrected chi connectivity index (χ4v) is 3.17. The molecule has 0 saturated heterocycles. The number of aromatic nitrogens is 2. The molecule has 102 valence electrons. The zero-order valence-electron chi connectivity index (χ0n) is 11.9. The molecule has 0 bridgehead atoms. The van der Waals surface area contributed by atoms with Gasteiger partial charge in [-0.15, -0.1) is 0 Å².